The molecule has 0 unspecified atom stereocenters. The van der Waals surface area contributed by atoms with Crippen LogP contribution < -0.4 is 0 Å². The van der Waals surface area contributed by atoms with Crippen molar-refractivity contribution in [3.05, 3.63) is 35.5 Å². The van der Waals surface area contributed by atoms with Gasteiger partial charge in [0.25, 0.3) is 0 Å². The van der Waals surface area contributed by atoms with E-state index in [-0.39, 0.29) is 32.8 Å². The summed E-state index contributed by atoms with van der Waals surface area (Å²) < 4.78 is 20.9. The first-order valence-electron chi connectivity index (χ1n) is 10.5. The van der Waals surface area contributed by atoms with Crippen LogP contribution >= 0.6 is 0 Å². The summed E-state index contributed by atoms with van der Waals surface area (Å²) in [5.74, 6) is -4.26. The summed E-state index contributed by atoms with van der Waals surface area (Å²) in [6.07, 6.45) is 6.09. The molecule has 8 heteroatoms. The van der Waals surface area contributed by atoms with Crippen LogP contribution in [-0.2, 0) is 38.1 Å². The maximum absolute atomic E-state index is 13.4. The van der Waals surface area contributed by atoms with Crippen molar-refractivity contribution in [3.63, 3.8) is 0 Å². The molecule has 8 nitrogen and oxygen atoms in total. The molecule has 0 radical (unpaired) electrons. The molecule has 0 amide bonds. The molecular formula is C23H32O8. The predicted molar refractivity (Wildman–Crippen MR) is 113 cm³/mol. The van der Waals surface area contributed by atoms with Crippen molar-refractivity contribution in [3.8, 4) is 0 Å². The number of hydrogen-bond donors (Lipinski definition) is 0. The highest BCUT2D eigenvalue weighted by atomic mass is 16.6. The topological polar surface area (TPSA) is 105 Å². The van der Waals surface area contributed by atoms with Gasteiger partial charge in [0, 0.05) is 6.42 Å². The summed E-state index contributed by atoms with van der Waals surface area (Å²) in [4.78, 5) is 53.5. The van der Waals surface area contributed by atoms with E-state index in [1.54, 1.807) is 59.8 Å². The van der Waals surface area contributed by atoms with E-state index in [4.69, 9.17) is 18.9 Å². The second kappa shape index (κ2) is 11.5. The Morgan fingerprint density at radius 1 is 0.806 bits per heavy atom. The molecule has 172 valence electrons. The lowest BCUT2D eigenvalue weighted by molar-refractivity contribution is -0.199. The molecule has 0 aromatic rings. The van der Waals surface area contributed by atoms with Gasteiger partial charge in [-0.3, -0.25) is 19.2 Å². The van der Waals surface area contributed by atoms with Crippen LogP contribution in [0, 0.1) is 10.8 Å². The Kier molecular flexibility index (Phi) is 9.68. The van der Waals surface area contributed by atoms with Crippen molar-refractivity contribution in [2.45, 2.75) is 48.0 Å². The Labute approximate surface area is 183 Å². The van der Waals surface area contributed by atoms with Crippen LogP contribution in [0.25, 0.3) is 0 Å². The minimum absolute atomic E-state index is 0.0711. The van der Waals surface area contributed by atoms with Gasteiger partial charge in [0.15, 0.2) is 5.41 Å². The first-order valence-corrected chi connectivity index (χ1v) is 10.5. The van der Waals surface area contributed by atoms with Gasteiger partial charge < -0.3 is 18.9 Å². The zero-order chi connectivity index (χ0) is 23.7. The van der Waals surface area contributed by atoms with Crippen LogP contribution in [0.1, 0.15) is 48.0 Å². The minimum atomic E-state index is -2.42. The predicted octanol–water partition coefficient (Wildman–Crippen LogP) is 3.06. The zero-order valence-corrected chi connectivity index (χ0v) is 19.1. The Balaban J connectivity index is 4.18. The van der Waals surface area contributed by atoms with Crippen LogP contribution in [0.3, 0.4) is 0 Å². The van der Waals surface area contributed by atoms with Gasteiger partial charge in [-0.15, -0.1) is 0 Å². The van der Waals surface area contributed by atoms with Crippen LogP contribution in [-0.4, -0.2) is 50.3 Å². The largest absolute Gasteiger partial charge is 0.465 e. The first kappa shape index (κ1) is 26.1. The molecule has 1 aliphatic rings. The summed E-state index contributed by atoms with van der Waals surface area (Å²) in [7, 11) is 0. The second-order valence-corrected chi connectivity index (χ2v) is 6.69. The molecule has 0 saturated carbocycles. The molecular weight excluding hydrogens is 404 g/mol. The number of rotatable bonds is 9. The summed E-state index contributed by atoms with van der Waals surface area (Å²) >= 11 is 0. The van der Waals surface area contributed by atoms with Gasteiger partial charge in [0.05, 0.1) is 26.4 Å². The molecule has 31 heavy (non-hydrogen) atoms. The molecule has 0 spiro atoms. The van der Waals surface area contributed by atoms with E-state index in [0.717, 1.165) is 0 Å². The summed E-state index contributed by atoms with van der Waals surface area (Å²) in [6, 6.07) is 0. The SMILES string of the molecule is C/C=C/C1=CC(C(=O)OCC)(C(=O)OCC)C(C(=O)OCC)(C(=O)OCC)C/C1=C\C. The van der Waals surface area contributed by atoms with Crippen LogP contribution in [0.15, 0.2) is 35.5 Å². The van der Waals surface area contributed by atoms with Crippen LogP contribution in [0.2, 0.25) is 0 Å². The van der Waals surface area contributed by atoms with Crippen LogP contribution in [0.4, 0.5) is 0 Å². The lowest BCUT2D eigenvalue weighted by Gasteiger charge is -2.44. The molecule has 0 N–H and O–H groups in total. The molecule has 1 aliphatic carbocycles. The Hall–Kier alpha value is -2.90. The Morgan fingerprint density at radius 3 is 1.58 bits per heavy atom. The highest BCUT2D eigenvalue weighted by molar-refractivity contribution is 6.17. The quantitative estimate of drug-likeness (QED) is 0.308. The van der Waals surface area contributed by atoms with Gasteiger partial charge in [-0.2, -0.15) is 0 Å². The molecule has 0 aromatic carbocycles. The fourth-order valence-electron chi connectivity index (χ4n) is 3.68. The standard InChI is InChI=1S/C23H32O8/c1-7-13-17-15-23(20(26)30-11-5,21(27)31-12-6)22(14-16(17)8-2,18(24)28-9-3)19(25)29-10-4/h7-8,13,15H,9-12,14H2,1-6H3/b13-7+,16-8+. The fourth-order valence-corrected chi connectivity index (χ4v) is 3.68. The van der Waals surface area contributed by atoms with E-state index >= 15 is 0 Å². The molecule has 0 aliphatic heterocycles. The normalized spacial score (nSPS) is 18.3. The van der Waals surface area contributed by atoms with Gasteiger partial charge in [0.2, 0.25) is 5.41 Å². The van der Waals surface area contributed by atoms with E-state index in [0.29, 0.717) is 11.1 Å². The van der Waals surface area contributed by atoms with Crippen molar-refractivity contribution in [1.29, 1.82) is 0 Å². The van der Waals surface area contributed by atoms with Crippen molar-refractivity contribution < 1.29 is 38.1 Å². The van der Waals surface area contributed by atoms with E-state index in [1.807, 2.05) is 0 Å². The second-order valence-electron chi connectivity index (χ2n) is 6.69. The van der Waals surface area contributed by atoms with Crippen molar-refractivity contribution >= 4 is 23.9 Å². The number of carbonyl (C=O) groups is 4. The average Bonchev–Trinajstić information content (AvgIpc) is 2.74. The number of carbonyl (C=O) groups excluding carboxylic acids is 4. The van der Waals surface area contributed by atoms with Gasteiger partial charge >= 0.3 is 23.9 Å². The molecule has 0 atom stereocenters. The zero-order valence-electron chi connectivity index (χ0n) is 19.1. The third-order valence-corrected chi connectivity index (χ3v) is 5.01. The summed E-state index contributed by atoms with van der Waals surface area (Å²) in [5, 5.41) is 0. The number of hydrogen-bond acceptors (Lipinski definition) is 8. The van der Waals surface area contributed by atoms with E-state index in [9.17, 15) is 19.2 Å². The smallest absolute Gasteiger partial charge is 0.329 e. The number of allylic oxidation sites excluding steroid dienone is 5. The monoisotopic (exact) mass is 436 g/mol. The van der Waals surface area contributed by atoms with Gasteiger partial charge in [-0.25, -0.2) is 0 Å². The lowest BCUT2D eigenvalue weighted by Crippen LogP contribution is -2.63. The van der Waals surface area contributed by atoms with Crippen molar-refractivity contribution in [1.82, 2.24) is 0 Å². The average molecular weight is 437 g/mol. The molecule has 0 bridgehead atoms. The van der Waals surface area contributed by atoms with Crippen molar-refractivity contribution in [2.24, 2.45) is 10.8 Å². The highest BCUT2D eigenvalue weighted by Gasteiger charge is 2.73. The fraction of sp³-hybridized carbons (Fsp3) is 0.565. The molecule has 0 aromatic heterocycles. The molecule has 0 heterocycles. The van der Waals surface area contributed by atoms with Gasteiger partial charge in [0.1, 0.15) is 0 Å². The van der Waals surface area contributed by atoms with Crippen molar-refractivity contribution in [2.75, 3.05) is 26.4 Å². The summed E-state index contributed by atoms with van der Waals surface area (Å²) in [6.45, 7) is 9.44. The van der Waals surface area contributed by atoms with Crippen LogP contribution in [0.5, 0.6) is 0 Å². The van der Waals surface area contributed by atoms with Gasteiger partial charge in [-0.1, -0.05) is 18.2 Å². The Bertz CT molecular complexity index is 751. The first-order chi connectivity index (χ1) is 14.8. The molecule has 0 fully saturated rings. The van der Waals surface area contributed by atoms with E-state index in [2.05, 4.69) is 0 Å². The number of ether oxygens (including phenoxy) is 4. The summed E-state index contributed by atoms with van der Waals surface area (Å²) in [5.41, 5.74) is -3.69. The highest BCUT2D eigenvalue weighted by Crippen LogP contribution is 2.54. The Morgan fingerprint density at radius 2 is 1.23 bits per heavy atom. The molecule has 0 saturated heterocycles. The maximum atomic E-state index is 13.4. The maximum Gasteiger partial charge on any atom is 0.329 e. The number of esters is 4. The minimum Gasteiger partial charge on any atom is -0.465 e. The third-order valence-electron chi connectivity index (χ3n) is 5.01. The molecule has 1 rings (SSSR count). The van der Waals surface area contributed by atoms with Gasteiger partial charge in [-0.05, 0) is 58.8 Å². The van der Waals surface area contributed by atoms with E-state index < -0.39 is 34.7 Å². The lowest BCUT2D eigenvalue weighted by atomic mass is 9.55. The van der Waals surface area contributed by atoms with E-state index in [1.165, 1.54) is 6.08 Å². The third kappa shape index (κ3) is 4.57.